The van der Waals surface area contributed by atoms with E-state index in [1.807, 2.05) is 17.9 Å². The first-order valence-corrected chi connectivity index (χ1v) is 7.85. The molecule has 1 aromatic rings. The van der Waals surface area contributed by atoms with Crippen LogP contribution in [-0.4, -0.2) is 41.4 Å². The highest BCUT2D eigenvalue weighted by atomic mass is 15.2. The van der Waals surface area contributed by atoms with Gasteiger partial charge in [-0.05, 0) is 45.2 Å². The van der Waals surface area contributed by atoms with Crippen LogP contribution in [0.2, 0.25) is 0 Å². The molecular formula is C16H30N4. The van der Waals surface area contributed by atoms with Gasteiger partial charge in [0.2, 0.25) is 0 Å². The maximum atomic E-state index is 4.30. The molecule has 114 valence electrons. The maximum Gasteiger partial charge on any atom is 0.0538 e. The Balaban J connectivity index is 1.90. The summed E-state index contributed by atoms with van der Waals surface area (Å²) >= 11 is 0. The van der Waals surface area contributed by atoms with Crippen LogP contribution < -0.4 is 5.32 Å². The van der Waals surface area contributed by atoms with Crippen LogP contribution in [0.25, 0.3) is 0 Å². The summed E-state index contributed by atoms with van der Waals surface area (Å²) < 4.78 is 1.89. The van der Waals surface area contributed by atoms with Crippen molar-refractivity contribution in [2.24, 2.45) is 18.9 Å². The van der Waals surface area contributed by atoms with Crippen LogP contribution in [0.4, 0.5) is 0 Å². The van der Waals surface area contributed by atoms with E-state index in [2.05, 4.69) is 49.5 Å². The topological polar surface area (TPSA) is 33.1 Å². The Labute approximate surface area is 123 Å². The normalized spacial score (nSPS) is 28.8. The van der Waals surface area contributed by atoms with Crippen molar-refractivity contribution in [1.29, 1.82) is 0 Å². The molecule has 0 unspecified atom stereocenters. The van der Waals surface area contributed by atoms with E-state index in [1.54, 1.807) is 0 Å². The van der Waals surface area contributed by atoms with Crippen LogP contribution in [-0.2, 0) is 7.05 Å². The van der Waals surface area contributed by atoms with Crippen molar-refractivity contribution in [2.75, 3.05) is 20.6 Å². The summed E-state index contributed by atoms with van der Waals surface area (Å²) in [6, 6.07) is 1.08. The molecule has 4 nitrogen and oxygen atoms in total. The molecule has 1 saturated carbocycles. The van der Waals surface area contributed by atoms with Gasteiger partial charge in [-0.2, -0.15) is 5.10 Å². The lowest BCUT2D eigenvalue weighted by molar-refractivity contribution is 0.208. The fourth-order valence-corrected chi connectivity index (χ4v) is 3.22. The Morgan fingerprint density at radius 1 is 1.35 bits per heavy atom. The molecule has 1 N–H and O–H groups in total. The first kappa shape index (κ1) is 15.5. The summed E-state index contributed by atoms with van der Waals surface area (Å²) in [5, 5.41) is 8.08. The van der Waals surface area contributed by atoms with Crippen molar-refractivity contribution in [3.8, 4) is 0 Å². The van der Waals surface area contributed by atoms with E-state index in [1.165, 1.54) is 24.8 Å². The summed E-state index contributed by atoms with van der Waals surface area (Å²) in [7, 11) is 6.27. The standard InChI is InChI=1S/C16H30N4/c1-12-6-7-15(8-13(12)2)17-10-16(19(3)4)14-9-18-20(5)11-14/h9,11-13,15-17H,6-8,10H2,1-5H3/t12-,13-,15+,16+/m1/s1. The molecule has 4 heteroatoms. The van der Waals surface area contributed by atoms with Crippen LogP contribution in [0.3, 0.4) is 0 Å². The molecular weight excluding hydrogens is 248 g/mol. The summed E-state index contributed by atoms with van der Waals surface area (Å²) in [5.74, 6) is 1.73. The van der Waals surface area contributed by atoms with Crippen molar-refractivity contribution in [1.82, 2.24) is 20.0 Å². The molecule has 1 fully saturated rings. The third-order valence-corrected chi connectivity index (χ3v) is 4.93. The Morgan fingerprint density at radius 3 is 2.65 bits per heavy atom. The second-order valence-corrected chi connectivity index (χ2v) is 6.80. The van der Waals surface area contributed by atoms with Crippen LogP contribution in [0.5, 0.6) is 0 Å². The first-order chi connectivity index (χ1) is 9.47. The molecule has 1 heterocycles. The summed E-state index contributed by atoms with van der Waals surface area (Å²) in [6.45, 7) is 5.78. The van der Waals surface area contributed by atoms with Gasteiger partial charge in [0.25, 0.3) is 0 Å². The maximum absolute atomic E-state index is 4.30. The number of hydrogen-bond acceptors (Lipinski definition) is 3. The van der Waals surface area contributed by atoms with Crippen molar-refractivity contribution < 1.29 is 0 Å². The van der Waals surface area contributed by atoms with Crippen LogP contribution in [0, 0.1) is 11.8 Å². The van der Waals surface area contributed by atoms with Crippen molar-refractivity contribution in [3.63, 3.8) is 0 Å². The number of nitrogens with one attached hydrogen (secondary N) is 1. The summed E-state index contributed by atoms with van der Waals surface area (Å²) in [6.07, 6.45) is 8.10. The lowest BCUT2D eigenvalue weighted by Gasteiger charge is -2.34. The molecule has 0 bridgehead atoms. The Kier molecular flexibility index (Phi) is 5.22. The van der Waals surface area contributed by atoms with Crippen LogP contribution in [0.15, 0.2) is 12.4 Å². The molecule has 0 amide bonds. The molecule has 0 spiro atoms. The fourth-order valence-electron chi connectivity index (χ4n) is 3.22. The van der Waals surface area contributed by atoms with E-state index >= 15 is 0 Å². The average molecular weight is 278 g/mol. The number of hydrogen-bond donors (Lipinski definition) is 1. The molecule has 0 aromatic carbocycles. The van der Waals surface area contributed by atoms with Gasteiger partial charge < -0.3 is 10.2 Å². The van der Waals surface area contributed by atoms with E-state index in [0.29, 0.717) is 12.1 Å². The zero-order valence-electron chi connectivity index (χ0n) is 13.6. The van der Waals surface area contributed by atoms with Gasteiger partial charge in [0, 0.05) is 37.4 Å². The van der Waals surface area contributed by atoms with Gasteiger partial charge in [-0.3, -0.25) is 4.68 Å². The predicted octanol–water partition coefficient (Wildman–Crippen LogP) is 2.44. The molecule has 4 atom stereocenters. The zero-order valence-corrected chi connectivity index (χ0v) is 13.6. The van der Waals surface area contributed by atoms with Gasteiger partial charge >= 0.3 is 0 Å². The van der Waals surface area contributed by atoms with Crippen molar-refractivity contribution >= 4 is 0 Å². The summed E-state index contributed by atoms with van der Waals surface area (Å²) in [4.78, 5) is 2.28. The third kappa shape index (κ3) is 3.83. The monoisotopic (exact) mass is 278 g/mol. The quantitative estimate of drug-likeness (QED) is 0.898. The third-order valence-electron chi connectivity index (χ3n) is 4.93. The van der Waals surface area contributed by atoms with E-state index < -0.39 is 0 Å². The lowest BCUT2D eigenvalue weighted by Crippen LogP contribution is -2.40. The molecule has 0 radical (unpaired) electrons. The van der Waals surface area contributed by atoms with Gasteiger partial charge in [0.05, 0.1) is 6.20 Å². The number of aromatic nitrogens is 2. The van der Waals surface area contributed by atoms with Gasteiger partial charge in [0.1, 0.15) is 0 Å². The minimum absolute atomic E-state index is 0.401. The molecule has 20 heavy (non-hydrogen) atoms. The average Bonchev–Trinajstić information content (AvgIpc) is 2.80. The molecule has 0 aliphatic heterocycles. The van der Waals surface area contributed by atoms with Gasteiger partial charge in [0.15, 0.2) is 0 Å². The number of nitrogens with zero attached hydrogens (tertiary/aromatic N) is 3. The second kappa shape index (κ2) is 6.72. The number of aryl methyl sites for hydroxylation is 1. The van der Waals surface area contributed by atoms with Crippen LogP contribution >= 0.6 is 0 Å². The van der Waals surface area contributed by atoms with Gasteiger partial charge in [-0.15, -0.1) is 0 Å². The Bertz CT molecular complexity index is 412. The Morgan fingerprint density at radius 2 is 2.10 bits per heavy atom. The second-order valence-electron chi connectivity index (χ2n) is 6.80. The van der Waals surface area contributed by atoms with Gasteiger partial charge in [-0.1, -0.05) is 13.8 Å². The number of rotatable bonds is 5. The SMILES string of the molecule is C[C@@H]1CC[C@H](NC[C@@H](c2cnn(C)c2)N(C)C)C[C@H]1C. The van der Waals surface area contributed by atoms with Crippen molar-refractivity contribution in [2.45, 2.75) is 45.2 Å². The van der Waals surface area contributed by atoms with E-state index in [-0.39, 0.29) is 0 Å². The van der Waals surface area contributed by atoms with E-state index in [4.69, 9.17) is 0 Å². The zero-order chi connectivity index (χ0) is 14.7. The minimum Gasteiger partial charge on any atom is -0.312 e. The molecule has 1 aliphatic rings. The van der Waals surface area contributed by atoms with Crippen LogP contribution in [0.1, 0.15) is 44.7 Å². The van der Waals surface area contributed by atoms with Gasteiger partial charge in [-0.25, -0.2) is 0 Å². The van der Waals surface area contributed by atoms with Crippen molar-refractivity contribution in [3.05, 3.63) is 18.0 Å². The molecule has 1 aromatic heterocycles. The smallest absolute Gasteiger partial charge is 0.0538 e. The van der Waals surface area contributed by atoms with E-state index in [0.717, 1.165) is 18.4 Å². The molecule has 0 saturated heterocycles. The minimum atomic E-state index is 0.401. The highest BCUT2D eigenvalue weighted by Crippen LogP contribution is 2.29. The molecule has 1 aliphatic carbocycles. The fraction of sp³-hybridized carbons (Fsp3) is 0.812. The Hall–Kier alpha value is -0.870. The summed E-state index contributed by atoms with van der Waals surface area (Å²) in [5.41, 5.74) is 1.29. The molecule has 2 rings (SSSR count). The lowest BCUT2D eigenvalue weighted by atomic mass is 9.79. The largest absolute Gasteiger partial charge is 0.312 e. The van der Waals surface area contributed by atoms with E-state index in [9.17, 15) is 0 Å². The highest BCUT2D eigenvalue weighted by Gasteiger charge is 2.25. The predicted molar refractivity (Wildman–Crippen MR) is 83.6 cm³/mol. The first-order valence-electron chi connectivity index (χ1n) is 7.85. The highest BCUT2D eigenvalue weighted by molar-refractivity contribution is 5.11. The number of likely N-dealkylation sites (N-methyl/N-ethyl adjacent to an activating group) is 1.